The van der Waals surface area contributed by atoms with E-state index in [0.29, 0.717) is 12.5 Å². The van der Waals surface area contributed by atoms with Gasteiger partial charge < -0.3 is 15.8 Å². The molecule has 1 amide bonds. The van der Waals surface area contributed by atoms with E-state index in [-0.39, 0.29) is 5.91 Å². The summed E-state index contributed by atoms with van der Waals surface area (Å²) in [5, 5.41) is 3.56. The molecule has 0 aliphatic carbocycles. The molecule has 0 saturated heterocycles. The number of nitrogens with two attached hydrogens (primary N) is 1. The number of primary amides is 1. The van der Waals surface area contributed by atoms with Crippen molar-refractivity contribution in [2.45, 2.75) is 38.1 Å². The van der Waals surface area contributed by atoms with Crippen LogP contribution in [0.3, 0.4) is 0 Å². The Labute approximate surface area is 128 Å². The molecule has 0 saturated carbocycles. The summed E-state index contributed by atoms with van der Waals surface area (Å²) in [4.78, 5) is 10.7. The summed E-state index contributed by atoms with van der Waals surface area (Å²) < 4.78 is 6.83. The van der Waals surface area contributed by atoms with E-state index >= 15 is 0 Å². The van der Waals surface area contributed by atoms with Gasteiger partial charge in [0, 0.05) is 22.5 Å². The molecule has 0 radical (unpaired) electrons. The average molecular weight is 341 g/mol. The SMILES string of the molecule is NC(=O)CCCCNC1CCCOc2cc(Br)ccc21. The van der Waals surface area contributed by atoms with Crippen LogP contribution in [0.15, 0.2) is 22.7 Å². The highest BCUT2D eigenvalue weighted by Gasteiger charge is 2.19. The Bertz CT molecular complexity index is 465. The van der Waals surface area contributed by atoms with Crippen LogP contribution in [0.4, 0.5) is 0 Å². The van der Waals surface area contributed by atoms with Crippen LogP contribution in [0.1, 0.15) is 43.7 Å². The molecule has 1 aromatic rings. The molecule has 5 heteroatoms. The maximum atomic E-state index is 10.7. The van der Waals surface area contributed by atoms with Gasteiger partial charge in [0.2, 0.25) is 5.91 Å². The fourth-order valence-corrected chi connectivity index (χ4v) is 2.80. The number of nitrogens with one attached hydrogen (secondary N) is 1. The molecule has 3 N–H and O–H groups in total. The van der Waals surface area contributed by atoms with Gasteiger partial charge in [-0.2, -0.15) is 0 Å². The number of hydrogen-bond donors (Lipinski definition) is 2. The van der Waals surface area contributed by atoms with Crippen molar-refractivity contribution in [3.8, 4) is 5.75 Å². The monoisotopic (exact) mass is 340 g/mol. The van der Waals surface area contributed by atoms with E-state index < -0.39 is 0 Å². The molecule has 1 aliphatic rings. The molecule has 0 bridgehead atoms. The van der Waals surface area contributed by atoms with Crippen molar-refractivity contribution in [1.29, 1.82) is 0 Å². The molecule has 1 unspecified atom stereocenters. The number of hydrogen-bond acceptors (Lipinski definition) is 3. The maximum absolute atomic E-state index is 10.7. The van der Waals surface area contributed by atoms with Gasteiger partial charge in [-0.25, -0.2) is 0 Å². The molecular formula is C15H21BrN2O2. The van der Waals surface area contributed by atoms with Crippen LogP contribution in [-0.4, -0.2) is 19.1 Å². The van der Waals surface area contributed by atoms with E-state index in [1.165, 1.54) is 5.56 Å². The lowest BCUT2D eigenvalue weighted by Gasteiger charge is -2.18. The minimum atomic E-state index is -0.219. The highest BCUT2D eigenvalue weighted by atomic mass is 79.9. The Morgan fingerprint density at radius 2 is 2.30 bits per heavy atom. The van der Waals surface area contributed by atoms with Crippen LogP contribution >= 0.6 is 15.9 Å². The largest absolute Gasteiger partial charge is 0.493 e. The Morgan fingerprint density at radius 3 is 3.10 bits per heavy atom. The van der Waals surface area contributed by atoms with Gasteiger partial charge in [0.05, 0.1) is 6.61 Å². The smallest absolute Gasteiger partial charge is 0.217 e. The van der Waals surface area contributed by atoms with Crippen molar-refractivity contribution in [1.82, 2.24) is 5.32 Å². The molecule has 1 heterocycles. The van der Waals surface area contributed by atoms with Crippen LogP contribution in [0.2, 0.25) is 0 Å². The molecule has 4 nitrogen and oxygen atoms in total. The highest BCUT2D eigenvalue weighted by Crippen LogP contribution is 2.33. The number of carbonyl (C=O) groups excluding carboxylic acids is 1. The molecule has 1 aliphatic heterocycles. The molecule has 2 rings (SSSR count). The summed E-state index contributed by atoms with van der Waals surface area (Å²) in [5.41, 5.74) is 6.36. The molecule has 20 heavy (non-hydrogen) atoms. The zero-order valence-corrected chi connectivity index (χ0v) is 13.1. The third-order valence-electron chi connectivity index (χ3n) is 3.49. The quantitative estimate of drug-likeness (QED) is 0.782. The van der Waals surface area contributed by atoms with Crippen LogP contribution in [0.5, 0.6) is 5.75 Å². The van der Waals surface area contributed by atoms with Gasteiger partial charge in [-0.15, -0.1) is 0 Å². The second-order valence-electron chi connectivity index (χ2n) is 5.10. The van der Waals surface area contributed by atoms with Gasteiger partial charge in [0.25, 0.3) is 0 Å². The summed E-state index contributed by atoms with van der Waals surface area (Å²) in [6.07, 6.45) is 4.40. The van der Waals surface area contributed by atoms with Gasteiger partial charge in [-0.3, -0.25) is 4.79 Å². The Morgan fingerprint density at radius 1 is 1.45 bits per heavy atom. The van der Waals surface area contributed by atoms with E-state index in [1.807, 2.05) is 6.07 Å². The summed E-state index contributed by atoms with van der Waals surface area (Å²) in [7, 11) is 0. The van der Waals surface area contributed by atoms with E-state index in [4.69, 9.17) is 10.5 Å². The van der Waals surface area contributed by atoms with Crippen LogP contribution in [0.25, 0.3) is 0 Å². The third-order valence-corrected chi connectivity index (χ3v) is 3.98. The first-order valence-electron chi connectivity index (χ1n) is 7.11. The lowest BCUT2D eigenvalue weighted by Crippen LogP contribution is -2.22. The minimum absolute atomic E-state index is 0.219. The Kier molecular flexibility index (Phi) is 5.86. The van der Waals surface area contributed by atoms with Gasteiger partial charge in [-0.1, -0.05) is 22.0 Å². The maximum Gasteiger partial charge on any atom is 0.217 e. The van der Waals surface area contributed by atoms with Crippen LogP contribution in [0, 0.1) is 0 Å². The first-order valence-corrected chi connectivity index (χ1v) is 7.90. The predicted molar refractivity (Wildman–Crippen MR) is 82.7 cm³/mol. The van der Waals surface area contributed by atoms with E-state index in [9.17, 15) is 4.79 Å². The third kappa shape index (κ3) is 4.49. The van der Waals surface area contributed by atoms with Crippen molar-refractivity contribution in [2.75, 3.05) is 13.2 Å². The van der Waals surface area contributed by atoms with Gasteiger partial charge >= 0.3 is 0 Å². The normalized spacial score (nSPS) is 17.9. The number of ether oxygens (including phenoxy) is 1. The first-order chi connectivity index (χ1) is 9.66. The van der Waals surface area contributed by atoms with Crippen LogP contribution < -0.4 is 15.8 Å². The molecular weight excluding hydrogens is 320 g/mol. The van der Waals surface area contributed by atoms with E-state index in [2.05, 4.69) is 33.4 Å². The zero-order valence-electron chi connectivity index (χ0n) is 11.5. The number of carbonyl (C=O) groups is 1. The van der Waals surface area contributed by atoms with Crippen molar-refractivity contribution in [3.05, 3.63) is 28.2 Å². The summed E-state index contributed by atoms with van der Waals surface area (Å²) in [5.74, 6) is 0.745. The fraction of sp³-hybridized carbons (Fsp3) is 0.533. The average Bonchev–Trinajstić information content (AvgIpc) is 2.60. The molecule has 0 aromatic heterocycles. The lowest BCUT2D eigenvalue weighted by molar-refractivity contribution is -0.118. The number of rotatable bonds is 6. The molecule has 110 valence electrons. The zero-order chi connectivity index (χ0) is 14.4. The fourth-order valence-electron chi connectivity index (χ4n) is 2.46. The number of fused-ring (bicyclic) bond motifs is 1. The van der Waals surface area contributed by atoms with Crippen molar-refractivity contribution in [3.63, 3.8) is 0 Å². The highest BCUT2D eigenvalue weighted by molar-refractivity contribution is 9.10. The molecule has 0 spiro atoms. The summed E-state index contributed by atoms with van der Waals surface area (Å²) in [6, 6.07) is 6.53. The molecule has 1 atom stereocenters. The standard InChI is InChI=1S/C15H21BrN2O2/c16-11-6-7-12-13(4-3-9-20-14(12)10-11)18-8-2-1-5-15(17)19/h6-7,10,13,18H,1-5,8-9H2,(H2,17,19). The second kappa shape index (κ2) is 7.64. The number of benzene rings is 1. The second-order valence-corrected chi connectivity index (χ2v) is 6.02. The van der Waals surface area contributed by atoms with Crippen molar-refractivity contribution < 1.29 is 9.53 Å². The van der Waals surface area contributed by atoms with Crippen LogP contribution in [-0.2, 0) is 4.79 Å². The lowest BCUT2D eigenvalue weighted by atomic mass is 10.0. The number of amides is 1. The Balaban J connectivity index is 1.90. The van der Waals surface area contributed by atoms with Gasteiger partial charge in [0.15, 0.2) is 0 Å². The molecule has 1 aromatic carbocycles. The predicted octanol–water partition coefficient (Wildman–Crippen LogP) is 2.91. The van der Waals surface area contributed by atoms with Crippen molar-refractivity contribution >= 4 is 21.8 Å². The van der Waals surface area contributed by atoms with Gasteiger partial charge in [0.1, 0.15) is 5.75 Å². The topological polar surface area (TPSA) is 64.4 Å². The first kappa shape index (κ1) is 15.3. The van der Waals surface area contributed by atoms with Gasteiger partial charge in [-0.05, 0) is 44.4 Å². The molecule has 0 fully saturated rings. The van der Waals surface area contributed by atoms with E-state index in [1.54, 1.807) is 0 Å². The number of halogens is 1. The van der Waals surface area contributed by atoms with Crippen molar-refractivity contribution in [2.24, 2.45) is 5.73 Å². The number of unbranched alkanes of at least 4 members (excludes halogenated alkanes) is 1. The minimum Gasteiger partial charge on any atom is -0.493 e. The summed E-state index contributed by atoms with van der Waals surface area (Å²) >= 11 is 3.48. The Hall–Kier alpha value is -1.07. The van der Waals surface area contributed by atoms with E-state index in [0.717, 1.165) is 49.1 Å². The summed E-state index contributed by atoms with van der Waals surface area (Å²) in [6.45, 7) is 1.66.